The predicted molar refractivity (Wildman–Crippen MR) is 124 cm³/mol. The molecule has 1 aromatic heterocycles. The standard InChI is InChI=1S/C26H34FN5O/c1-16-29-22-8-10-30(17(2)33)15-23(22)32(16)20-13-25-26(14-20)9-6-24(26)31(25)11-7-21(28)18-4-3-5-19(27)12-18/h3-5,12,20-21,24-25H,6-11,13-15,28H2,1-2H3/t20?,21-,24?,25?,26?/m0/s1. The first-order valence-corrected chi connectivity index (χ1v) is 12.5. The van der Waals surface area contributed by atoms with Crippen molar-refractivity contribution < 1.29 is 9.18 Å². The van der Waals surface area contributed by atoms with Gasteiger partial charge in [0.05, 0.1) is 17.9 Å². The highest BCUT2D eigenvalue weighted by Gasteiger charge is 2.69. The molecule has 1 spiro atoms. The van der Waals surface area contributed by atoms with E-state index < -0.39 is 0 Å². The number of nitrogens with two attached hydrogens (primary N) is 1. The Bertz CT molecular complexity index is 1100. The maximum atomic E-state index is 13.6. The van der Waals surface area contributed by atoms with Crippen LogP contribution in [-0.2, 0) is 17.8 Å². The summed E-state index contributed by atoms with van der Waals surface area (Å²) in [5.41, 5.74) is 10.2. The van der Waals surface area contributed by atoms with Gasteiger partial charge in [-0.1, -0.05) is 12.1 Å². The second-order valence-corrected chi connectivity index (χ2v) is 10.7. The van der Waals surface area contributed by atoms with E-state index in [2.05, 4.69) is 16.4 Å². The zero-order chi connectivity index (χ0) is 22.9. The molecular weight excluding hydrogens is 417 g/mol. The lowest BCUT2D eigenvalue weighted by atomic mass is 9.53. The van der Waals surface area contributed by atoms with Crippen LogP contribution in [0.4, 0.5) is 4.39 Å². The number of aryl methyl sites for hydroxylation is 1. The molecule has 2 aliphatic carbocycles. The van der Waals surface area contributed by atoms with Gasteiger partial charge in [-0.15, -0.1) is 0 Å². The normalized spacial score (nSPS) is 31.3. The molecule has 7 heteroatoms. The summed E-state index contributed by atoms with van der Waals surface area (Å²) in [5, 5.41) is 0. The van der Waals surface area contributed by atoms with E-state index in [1.54, 1.807) is 19.1 Å². The van der Waals surface area contributed by atoms with Gasteiger partial charge in [0.25, 0.3) is 0 Å². The first-order valence-electron chi connectivity index (χ1n) is 12.5. The largest absolute Gasteiger partial charge is 0.337 e. The number of piperidine rings is 1. The van der Waals surface area contributed by atoms with Crippen molar-refractivity contribution in [3.63, 3.8) is 0 Å². The van der Waals surface area contributed by atoms with Crippen molar-refractivity contribution in [3.05, 3.63) is 52.9 Å². The first kappa shape index (κ1) is 21.3. The maximum Gasteiger partial charge on any atom is 0.219 e. The Kier molecular flexibility index (Phi) is 4.93. The number of likely N-dealkylation sites (tertiary alicyclic amines) is 1. The third-order valence-electron chi connectivity index (χ3n) is 9.14. The van der Waals surface area contributed by atoms with Crippen LogP contribution < -0.4 is 5.73 Å². The van der Waals surface area contributed by atoms with Gasteiger partial charge in [0.2, 0.25) is 5.91 Å². The Morgan fingerprint density at radius 1 is 1.36 bits per heavy atom. The average molecular weight is 452 g/mol. The number of carbonyl (C=O) groups excluding carboxylic acids is 1. The highest BCUT2D eigenvalue weighted by molar-refractivity contribution is 5.73. The number of nitrogens with zero attached hydrogens (tertiary/aromatic N) is 4. The van der Waals surface area contributed by atoms with Crippen molar-refractivity contribution >= 4 is 5.91 Å². The van der Waals surface area contributed by atoms with Crippen LogP contribution in [0.2, 0.25) is 0 Å². The molecule has 2 saturated carbocycles. The summed E-state index contributed by atoms with van der Waals surface area (Å²) in [4.78, 5) is 21.6. The number of amides is 1. The third-order valence-corrected chi connectivity index (χ3v) is 9.14. The zero-order valence-electron chi connectivity index (χ0n) is 19.6. The zero-order valence-corrected chi connectivity index (χ0v) is 19.6. The average Bonchev–Trinajstić information content (AvgIpc) is 3.31. The molecule has 1 saturated heterocycles. The number of carbonyl (C=O) groups is 1. The fourth-order valence-corrected chi connectivity index (χ4v) is 7.49. The first-order chi connectivity index (χ1) is 15.9. The van der Waals surface area contributed by atoms with E-state index in [0.717, 1.165) is 43.7 Å². The highest BCUT2D eigenvalue weighted by atomic mass is 19.1. The molecule has 0 bridgehead atoms. The van der Waals surface area contributed by atoms with E-state index in [0.29, 0.717) is 30.1 Å². The molecule has 4 aliphatic rings. The minimum atomic E-state index is -0.217. The van der Waals surface area contributed by atoms with Gasteiger partial charge in [0.15, 0.2) is 0 Å². The van der Waals surface area contributed by atoms with Crippen molar-refractivity contribution in [2.24, 2.45) is 11.1 Å². The Labute approximate surface area is 194 Å². The molecule has 0 radical (unpaired) electrons. The van der Waals surface area contributed by atoms with Gasteiger partial charge in [0.1, 0.15) is 11.6 Å². The summed E-state index contributed by atoms with van der Waals surface area (Å²) < 4.78 is 16.1. The van der Waals surface area contributed by atoms with Crippen LogP contribution in [0.5, 0.6) is 0 Å². The van der Waals surface area contributed by atoms with E-state index in [1.165, 1.54) is 36.7 Å². The summed E-state index contributed by atoms with van der Waals surface area (Å²) in [5.74, 6) is 1.03. The van der Waals surface area contributed by atoms with E-state index in [9.17, 15) is 9.18 Å². The molecule has 5 atom stereocenters. The van der Waals surface area contributed by atoms with Gasteiger partial charge in [0, 0.05) is 56.0 Å². The lowest BCUT2D eigenvalue weighted by Crippen LogP contribution is -2.74. The van der Waals surface area contributed by atoms with Crippen molar-refractivity contribution in [1.82, 2.24) is 19.4 Å². The van der Waals surface area contributed by atoms with Crippen LogP contribution in [0.15, 0.2) is 24.3 Å². The van der Waals surface area contributed by atoms with Crippen LogP contribution in [-0.4, -0.2) is 50.4 Å². The van der Waals surface area contributed by atoms with Crippen LogP contribution in [0, 0.1) is 18.2 Å². The molecule has 2 N–H and O–H groups in total. The molecule has 1 amide bonds. The Balaban J connectivity index is 1.17. The summed E-state index contributed by atoms with van der Waals surface area (Å²) >= 11 is 0. The number of benzene rings is 1. The third kappa shape index (κ3) is 3.19. The molecule has 3 heterocycles. The molecule has 4 unspecified atom stereocenters. The summed E-state index contributed by atoms with van der Waals surface area (Å²) in [6.45, 7) is 6.23. The number of hydrogen-bond acceptors (Lipinski definition) is 4. The smallest absolute Gasteiger partial charge is 0.219 e. The number of rotatable bonds is 5. The van der Waals surface area contributed by atoms with Gasteiger partial charge in [-0.2, -0.15) is 0 Å². The fraction of sp³-hybridized carbons (Fsp3) is 0.615. The second-order valence-electron chi connectivity index (χ2n) is 10.7. The molecule has 3 fully saturated rings. The monoisotopic (exact) mass is 451 g/mol. The van der Waals surface area contributed by atoms with E-state index in [1.807, 2.05) is 11.0 Å². The topological polar surface area (TPSA) is 67.4 Å². The molecule has 6 nitrogen and oxygen atoms in total. The van der Waals surface area contributed by atoms with E-state index >= 15 is 0 Å². The van der Waals surface area contributed by atoms with Gasteiger partial charge in [-0.3, -0.25) is 9.69 Å². The van der Waals surface area contributed by atoms with Crippen molar-refractivity contribution in [1.29, 1.82) is 0 Å². The highest BCUT2D eigenvalue weighted by Crippen LogP contribution is 2.67. The molecular formula is C26H34FN5O. The molecule has 2 aromatic rings. The molecule has 1 aromatic carbocycles. The minimum absolute atomic E-state index is 0.131. The lowest BCUT2D eigenvalue weighted by molar-refractivity contribution is -0.188. The van der Waals surface area contributed by atoms with Crippen molar-refractivity contribution in [3.8, 4) is 0 Å². The van der Waals surface area contributed by atoms with Crippen LogP contribution in [0.25, 0.3) is 0 Å². The Hall–Kier alpha value is -2.25. The maximum absolute atomic E-state index is 13.6. The summed E-state index contributed by atoms with van der Waals surface area (Å²) in [6, 6.07) is 8.31. The van der Waals surface area contributed by atoms with Crippen molar-refractivity contribution in [2.75, 3.05) is 13.1 Å². The van der Waals surface area contributed by atoms with E-state index in [-0.39, 0.29) is 17.8 Å². The number of hydrogen-bond donors (Lipinski definition) is 1. The van der Waals surface area contributed by atoms with Crippen LogP contribution in [0.3, 0.4) is 0 Å². The van der Waals surface area contributed by atoms with Gasteiger partial charge < -0.3 is 15.2 Å². The molecule has 2 aliphatic heterocycles. The summed E-state index contributed by atoms with van der Waals surface area (Å²) in [7, 11) is 0. The molecule has 176 valence electrons. The Morgan fingerprint density at radius 2 is 2.21 bits per heavy atom. The van der Waals surface area contributed by atoms with Gasteiger partial charge in [-0.25, -0.2) is 9.37 Å². The number of fused-ring (bicyclic) bond motifs is 1. The number of halogens is 1. The van der Waals surface area contributed by atoms with Gasteiger partial charge in [-0.05, 0) is 56.7 Å². The van der Waals surface area contributed by atoms with Crippen molar-refractivity contribution in [2.45, 2.75) is 83.1 Å². The number of aromatic nitrogens is 2. The fourth-order valence-electron chi connectivity index (χ4n) is 7.49. The SMILES string of the molecule is CC(=O)N1CCc2nc(C)n(C3CC4N(CC[C@H](N)c5cccc(F)c5)C5CCC54C3)c2C1. The molecule has 6 rings (SSSR count). The lowest BCUT2D eigenvalue weighted by Gasteiger charge is -2.68. The quantitative estimate of drug-likeness (QED) is 0.756. The van der Waals surface area contributed by atoms with Crippen LogP contribution in [0.1, 0.15) is 73.9 Å². The Morgan fingerprint density at radius 3 is 2.94 bits per heavy atom. The molecule has 33 heavy (non-hydrogen) atoms. The summed E-state index contributed by atoms with van der Waals surface area (Å²) in [6.07, 6.45) is 6.67. The number of imidazole rings is 1. The van der Waals surface area contributed by atoms with E-state index in [4.69, 9.17) is 10.7 Å². The minimum Gasteiger partial charge on any atom is -0.337 e. The second kappa shape index (κ2) is 7.64. The van der Waals surface area contributed by atoms with Gasteiger partial charge >= 0.3 is 0 Å². The predicted octanol–water partition coefficient (Wildman–Crippen LogP) is 3.49. The van der Waals surface area contributed by atoms with Crippen LogP contribution >= 0.6 is 0 Å².